The first-order valence-corrected chi connectivity index (χ1v) is 4.97. The third-order valence-electron chi connectivity index (χ3n) is 2.31. The molecule has 4 nitrogen and oxygen atoms in total. The molecule has 5 heteroatoms. The maximum atomic E-state index is 13.2. The van der Waals surface area contributed by atoms with Crippen molar-refractivity contribution in [2.75, 3.05) is 14.1 Å². The Hall–Kier alpha value is -1.65. The van der Waals surface area contributed by atoms with Crippen LogP contribution < -0.4 is 0 Å². The molecule has 16 heavy (non-hydrogen) atoms. The van der Waals surface area contributed by atoms with E-state index in [0.717, 1.165) is 0 Å². The number of hydrogen-bond acceptors (Lipinski definition) is 3. The molecule has 0 unspecified atom stereocenters. The Bertz CT molecular complexity index is 383. The van der Waals surface area contributed by atoms with E-state index in [2.05, 4.69) is 0 Å². The molecular weight excluding hydrogens is 213 g/mol. The van der Waals surface area contributed by atoms with Gasteiger partial charge in [0.25, 0.3) is 0 Å². The molecule has 0 heterocycles. The lowest BCUT2D eigenvalue weighted by molar-refractivity contribution is -0.134. The van der Waals surface area contributed by atoms with Crippen LogP contribution in [0.25, 0.3) is 0 Å². The van der Waals surface area contributed by atoms with Gasteiger partial charge in [-0.05, 0) is 19.3 Å². The van der Waals surface area contributed by atoms with Crippen LogP contribution in [0.3, 0.4) is 0 Å². The normalized spacial score (nSPS) is 22.2. The predicted octanol–water partition coefficient (Wildman–Crippen LogP) is 1.49. The van der Waals surface area contributed by atoms with Crippen LogP contribution in [0.1, 0.15) is 19.3 Å². The van der Waals surface area contributed by atoms with Gasteiger partial charge in [-0.3, -0.25) is 4.79 Å². The molecule has 88 valence electrons. The number of carbonyl (C=O) groups is 2. The van der Waals surface area contributed by atoms with Crippen molar-refractivity contribution in [1.82, 2.24) is 4.90 Å². The van der Waals surface area contributed by atoms with E-state index in [1.54, 1.807) is 25.2 Å². The van der Waals surface area contributed by atoms with E-state index >= 15 is 0 Å². The summed E-state index contributed by atoms with van der Waals surface area (Å²) in [7, 11) is 3.51. The van der Waals surface area contributed by atoms with Crippen molar-refractivity contribution in [1.29, 1.82) is 0 Å². The number of carbonyl (C=O) groups excluding carboxylic acids is 1. The summed E-state index contributed by atoms with van der Waals surface area (Å²) in [6, 6.07) is 0. The summed E-state index contributed by atoms with van der Waals surface area (Å²) in [4.78, 5) is 23.9. The van der Waals surface area contributed by atoms with Crippen LogP contribution in [0.15, 0.2) is 23.2 Å². The number of aliphatic carboxylic acids is 1. The van der Waals surface area contributed by atoms with Crippen molar-refractivity contribution in [3.8, 4) is 0 Å². The Morgan fingerprint density at radius 1 is 1.44 bits per heavy atom. The molecule has 1 rings (SSSR count). The number of nitrogens with zero attached hydrogens (tertiary/aromatic N) is 1. The summed E-state index contributed by atoms with van der Waals surface area (Å²) in [6.45, 7) is 0. The van der Waals surface area contributed by atoms with Gasteiger partial charge in [0, 0.05) is 31.4 Å². The van der Waals surface area contributed by atoms with Gasteiger partial charge < -0.3 is 10.0 Å². The summed E-state index contributed by atoms with van der Waals surface area (Å²) in [5.41, 5.74) is 0.245. The van der Waals surface area contributed by atoms with Gasteiger partial charge in [0.1, 0.15) is 0 Å². The highest BCUT2D eigenvalue weighted by atomic mass is 19.1. The molecule has 0 aliphatic heterocycles. The zero-order valence-corrected chi connectivity index (χ0v) is 9.29. The lowest BCUT2D eigenvalue weighted by atomic mass is 9.89. The number of rotatable bonds is 2. The molecule has 0 aromatic carbocycles. The molecule has 0 aromatic heterocycles. The highest BCUT2D eigenvalue weighted by molar-refractivity contribution is 6.12. The first-order chi connectivity index (χ1) is 7.43. The fourth-order valence-corrected chi connectivity index (χ4v) is 1.65. The van der Waals surface area contributed by atoms with Crippen molar-refractivity contribution < 1.29 is 19.1 Å². The van der Waals surface area contributed by atoms with E-state index in [9.17, 15) is 14.0 Å². The minimum atomic E-state index is -1.67. The molecule has 0 atom stereocenters. The fourth-order valence-electron chi connectivity index (χ4n) is 1.65. The van der Waals surface area contributed by atoms with Gasteiger partial charge in [-0.1, -0.05) is 0 Å². The van der Waals surface area contributed by atoms with Crippen molar-refractivity contribution >= 4 is 11.8 Å². The van der Waals surface area contributed by atoms with E-state index in [1.807, 2.05) is 0 Å². The fraction of sp³-hybridized carbons (Fsp3) is 0.455. The lowest BCUT2D eigenvalue weighted by Gasteiger charge is -2.18. The average molecular weight is 227 g/mol. The van der Waals surface area contributed by atoms with Gasteiger partial charge in [0.2, 0.25) is 5.83 Å². The number of carboxylic acid groups (broad SMARTS) is 1. The molecule has 0 spiro atoms. The maximum Gasteiger partial charge on any atom is 0.365 e. The summed E-state index contributed by atoms with van der Waals surface area (Å²) in [5, 5.41) is 8.51. The van der Waals surface area contributed by atoms with Gasteiger partial charge in [0.15, 0.2) is 5.78 Å². The smallest absolute Gasteiger partial charge is 0.365 e. The average Bonchev–Trinajstić information content (AvgIpc) is 2.19. The molecule has 1 aliphatic carbocycles. The van der Waals surface area contributed by atoms with Crippen molar-refractivity contribution in [2.45, 2.75) is 19.3 Å². The topological polar surface area (TPSA) is 57.6 Å². The zero-order chi connectivity index (χ0) is 12.3. The van der Waals surface area contributed by atoms with E-state index in [1.165, 1.54) is 0 Å². The second kappa shape index (κ2) is 4.92. The minimum absolute atomic E-state index is 0.196. The molecule has 1 aliphatic rings. The maximum absolute atomic E-state index is 13.2. The molecule has 1 fully saturated rings. The van der Waals surface area contributed by atoms with Gasteiger partial charge in [0.05, 0.1) is 0 Å². The Morgan fingerprint density at radius 3 is 2.56 bits per heavy atom. The number of allylic oxidation sites excluding steroid dienone is 2. The largest absolute Gasteiger partial charge is 0.476 e. The zero-order valence-electron chi connectivity index (χ0n) is 9.29. The molecule has 0 amide bonds. The second-order valence-electron chi connectivity index (χ2n) is 3.90. The summed E-state index contributed by atoms with van der Waals surface area (Å²) < 4.78 is 13.2. The van der Waals surface area contributed by atoms with E-state index in [-0.39, 0.29) is 12.0 Å². The van der Waals surface area contributed by atoms with Crippen LogP contribution in [0.4, 0.5) is 4.39 Å². The molecule has 1 saturated carbocycles. The molecule has 0 aromatic rings. The SMILES string of the molecule is CN(C)/C=C1/CCC/C(=C(/F)C(=O)O)C1=O. The van der Waals surface area contributed by atoms with Gasteiger partial charge >= 0.3 is 5.97 Å². The van der Waals surface area contributed by atoms with Crippen LogP contribution in [-0.2, 0) is 9.59 Å². The molecule has 0 radical (unpaired) electrons. The first kappa shape index (κ1) is 12.4. The van der Waals surface area contributed by atoms with Crippen LogP contribution in [0, 0.1) is 0 Å². The standard InChI is InChI=1S/C11H14FNO3/c1-13(2)6-7-4-3-5-8(10(7)14)9(12)11(15)16/h6H,3-5H2,1-2H3,(H,15,16)/b7-6-,9-8-. The van der Waals surface area contributed by atoms with E-state index < -0.39 is 17.6 Å². The Kier molecular flexibility index (Phi) is 3.82. The van der Waals surface area contributed by atoms with Gasteiger partial charge in [-0.2, -0.15) is 4.39 Å². The summed E-state index contributed by atoms with van der Waals surface area (Å²) in [6.07, 6.45) is 2.97. The van der Waals surface area contributed by atoms with Crippen LogP contribution in [0.2, 0.25) is 0 Å². The monoisotopic (exact) mass is 227 g/mol. The Labute approximate surface area is 93.0 Å². The highest BCUT2D eigenvalue weighted by Gasteiger charge is 2.27. The van der Waals surface area contributed by atoms with E-state index in [0.29, 0.717) is 18.4 Å². The van der Waals surface area contributed by atoms with Crippen LogP contribution in [0.5, 0.6) is 0 Å². The van der Waals surface area contributed by atoms with E-state index in [4.69, 9.17) is 5.11 Å². The van der Waals surface area contributed by atoms with Crippen molar-refractivity contribution in [2.24, 2.45) is 0 Å². The van der Waals surface area contributed by atoms with Gasteiger partial charge in [-0.15, -0.1) is 0 Å². The molecule has 0 bridgehead atoms. The highest BCUT2D eigenvalue weighted by Crippen LogP contribution is 2.27. The number of ketones is 1. The van der Waals surface area contributed by atoms with Crippen molar-refractivity contribution in [3.05, 3.63) is 23.2 Å². The predicted molar refractivity (Wildman–Crippen MR) is 56.4 cm³/mol. The third kappa shape index (κ3) is 2.68. The Balaban J connectivity index is 3.05. The summed E-state index contributed by atoms with van der Waals surface area (Å²) >= 11 is 0. The minimum Gasteiger partial charge on any atom is -0.476 e. The molecule has 1 N–H and O–H groups in total. The third-order valence-corrected chi connectivity index (χ3v) is 2.31. The molecular formula is C11H14FNO3. The molecule has 0 saturated heterocycles. The Morgan fingerprint density at radius 2 is 2.06 bits per heavy atom. The second-order valence-corrected chi connectivity index (χ2v) is 3.90. The number of hydrogen-bond donors (Lipinski definition) is 1. The number of carboxylic acids is 1. The number of halogens is 1. The number of Topliss-reactive ketones (excluding diaryl/α,β-unsaturated/α-hetero) is 1. The lowest BCUT2D eigenvalue weighted by Crippen LogP contribution is -2.18. The van der Waals surface area contributed by atoms with Crippen LogP contribution >= 0.6 is 0 Å². The van der Waals surface area contributed by atoms with Crippen LogP contribution in [-0.4, -0.2) is 35.9 Å². The van der Waals surface area contributed by atoms with Gasteiger partial charge in [-0.25, -0.2) is 4.79 Å². The first-order valence-electron chi connectivity index (χ1n) is 4.97. The quantitative estimate of drug-likeness (QED) is 0.726. The van der Waals surface area contributed by atoms with Crippen molar-refractivity contribution in [3.63, 3.8) is 0 Å². The summed E-state index contributed by atoms with van der Waals surface area (Å²) in [5.74, 6) is -3.48.